The van der Waals surface area contributed by atoms with Gasteiger partial charge in [0.25, 0.3) is 0 Å². The lowest BCUT2D eigenvalue weighted by atomic mass is 10.0. The Morgan fingerprint density at radius 1 is 1.13 bits per heavy atom. The smallest absolute Gasteiger partial charge is 0.241 e. The van der Waals surface area contributed by atoms with Crippen molar-refractivity contribution in [3.8, 4) is 5.75 Å². The van der Waals surface area contributed by atoms with Gasteiger partial charge in [0, 0.05) is 12.0 Å². The summed E-state index contributed by atoms with van der Waals surface area (Å²) in [5.74, 6) is 0.107. The van der Waals surface area contributed by atoms with Gasteiger partial charge in [-0.2, -0.15) is 0 Å². The van der Waals surface area contributed by atoms with Crippen molar-refractivity contribution in [1.82, 2.24) is 4.72 Å². The van der Waals surface area contributed by atoms with Gasteiger partial charge in [0.2, 0.25) is 10.0 Å². The van der Waals surface area contributed by atoms with E-state index in [9.17, 15) is 12.8 Å². The first kappa shape index (κ1) is 16.0. The van der Waals surface area contributed by atoms with E-state index >= 15 is 0 Å². The van der Waals surface area contributed by atoms with Crippen LogP contribution in [-0.4, -0.2) is 15.0 Å². The van der Waals surface area contributed by atoms with E-state index in [1.165, 1.54) is 18.2 Å². The summed E-state index contributed by atoms with van der Waals surface area (Å²) in [5, 5.41) is 0. The first-order valence-corrected chi connectivity index (χ1v) is 8.87. The van der Waals surface area contributed by atoms with Gasteiger partial charge in [0.05, 0.1) is 17.5 Å². The highest BCUT2D eigenvalue weighted by molar-refractivity contribution is 7.89. The zero-order valence-electron chi connectivity index (χ0n) is 13.0. The third-order valence-electron chi connectivity index (χ3n) is 4.10. The normalized spacial score (nSPS) is 17.4. The Morgan fingerprint density at radius 3 is 2.65 bits per heavy atom. The first-order chi connectivity index (χ1) is 10.9. The summed E-state index contributed by atoms with van der Waals surface area (Å²) in [6.45, 7) is 4.18. The van der Waals surface area contributed by atoms with Gasteiger partial charge in [-0.05, 0) is 55.3 Å². The summed E-state index contributed by atoms with van der Waals surface area (Å²) in [7, 11) is -3.68. The maximum Gasteiger partial charge on any atom is 0.241 e. The highest BCUT2D eigenvalue weighted by Crippen LogP contribution is 2.33. The third kappa shape index (κ3) is 3.23. The van der Waals surface area contributed by atoms with Crippen LogP contribution in [0.2, 0.25) is 0 Å². The predicted octanol–water partition coefficient (Wildman–Crippen LogP) is 3.24. The molecule has 1 N–H and O–H groups in total. The largest absolute Gasteiger partial charge is 0.493 e. The van der Waals surface area contributed by atoms with Crippen LogP contribution in [0.3, 0.4) is 0 Å². The molecule has 1 unspecified atom stereocenters. The molecule has 0 aromatic heterocycles. The second kappa shape index (κ2) is 5.94. The molecular weight excluding hydrogens is 317 g/mol. The minimum Gasteiger partial charge on any atom is -0.493 e. The van der Waals surface area contributed by atoms with Crippen LogP contribution in [0.4, 0.5) is 4.39 Å². The highest BCUT2D eigenvalue weighted by atomic mass is 32.2. The molecule has 0 fully saturated rings. The van der Waals surface area contributed by atoms with Crippen LogP contribution in [0.1, 0.15) is 29.2 Å². The molecule has 0 saturated heterocycles. The van der Waals surface area contributed by atoms with Gasteiger partial charge >= 0.3 is 0 Å². The molecule has 0 radical (unpaired) electrons. The fraction of sp³-hybridized carbons (Fsp3) is 0.294. The molecule has 1 aliphatic rings. The Kier molecular flexibility index (Phi) is 4.12. The second-order valence-corrected chi connectivity index (χ2v) is 7.45. The Bertz CT molecular complexity index is 849. The van der Waals surface area contributed by atoms with E-state index in [1.807, 2.05) is 13.8 Å². The number of sulfonamides is 1. The highest BCUT2D eigenvalue weighted by Gasteiger charge is 2.27. The minimum absolute atomic E-state index is 0.213. The zero-order valence-corrected chi connectivity index (χ0v) is 13.8. The van der Waals surface area contributed by atoms with Crippen molar-refractivity contribution < 1.29 is 17.5 Å². The van der Waals surface area contributed by atoms with Crippen LogP contribution < -0.4 is 9.46 Å². The van der Waals surface area contributed by atoms with Gasteiger partial charge in [0.15, 0.2) is 0 Å². The van der Waals surface area contributed by atoms with E-state index in [0.717, 1.165) is 11.1 Å². The number of rotatable bonds is 3. The SMILES string of the molecule is Cc1ccc(S(=O)(=O)NC2CCOc3ccc(F)cc32)cc1C. The third-order valence-corrected chi connectivity index (χ3v) is 5.57. The number of benzene rings is 2. The van der Waals surface area contributed by atoms with Crippen LogP contribution >= 0.6 is 0 Å². The van der Waals surface area contributed by atoms with E-state index in [4.69, 9.17) is 4.74 Å². The van der Waals surface area contributed by atoms with Crippen LogP contribution in [0.15, 0.2) is 41.3 Å². The zero-order chi connectivity index (χ0) is 16.6. The summed E-state index contributed by atoms with van der Waals surface area (Å²) < 4.78 is 46.8. The van der Waals surface area contributed by atoms with Crippen LogP contribution in [0.5, 0.6) is 5.75 Å². The van der Waals surface area contributed by atoms with E-state index < -0.39 is 21.9 Å². The molecule has 0 bridgehead atoms. The quantitative estimate of drug-likeness (QED) is 0.937. The fourth-order valence-electron chi connectivity index (χ4n) is 2.62. The van der Waals surface area contributed by atoms with Gasteiger partial charge in [-0.1, -0.05) is 6.07 Å². The van der Waals surface area contributed by atoms with Gasteiger partial charge in [0.1, 0.15) is 11.6 Å². The molecule has 6 heteroatoms. The molecule has 1 heterocycles. The number of halogens is 1. The maximum absolute atomic E-state index is 13.5. The van der Waals surface area contributed by atoms with E-state index in [0.29, 0.717) is 24.3 Å². The summed E-state index contributed by atoms with van der Waals surface area (Å²) in [5.41, 5.74) is 2.47. The summed E-state index contributed by atoms with van der Waals surface area (Å²) >= 11 is 0. The van der Waals surface area contributed by atoms with Crippen molar-refractivity contribution in [2.45, 2.75) is 31.2 Å². The van der Waals surface area contributed by atoms with E-state index in [-0.39, 0.29) is 4.90 Å². The Balaban J connectivity index is 1.93. The molecule has 2 aromatic rings. The molecule has 122 valence electrons. The molecule has 2 aromatic carbocycles. The molecule has 1 aliphatic heterocycles. The van der Waals surface area contributed by atoms with Gasteiger partial charge in [-0.3, -0.25) is 0 Å². The summed E-state index contributed by atoms with van der Waals surface area (Å²) in [6.07, 6.45) is 0.459. The molecule has 4 nitrogen and oxygen atoms in total. The Labute approximate surface area is 135 Å². The van der Waals surface area contributed by atoms with Crippen molar-refractivity contribution in [1.29, 1.82) is 0 Å². The number of fused-ring (bicyclic) bond motifs is 1. The van der Waals surface area contributed by atoms with Crippen molar-refractivity contribution in [3.63, 3.8) is 0 Å². The minimum atomic E-state index is -3.68. The first-order valence-electron chi connectivity index (χ1n) is 7.39. The molecule has 3 rings (SSSR count). The molecule has 0 saturated carbocycles. The van der Waals surface area contributed by atoms with Crippen molar-refractivity contribution in [3.05, 3.63) is 58.9 Å². The number of hydrogen-bond donors (Lipinski definition) is 1. The van der Waals surface area contributed by atoms with Crippen molar-refractivity contribution in [2.75, 3.05) is 6.61 Å². The molecule has 0 spiro atoms. The van der Waals surface area contributed by atoms with Crippen LogP contribution in [-0.2, 0) is 10.0 Å². The standard InChI is InChI=1S/C17H18FNO3S/c1-11-3-5-14(9-12(11)2)23(20,21)19-16-7-8-22-17-6-4-13(18)10-15(16)17/h3-6,9-10,16,19H,7-8H2,1-2H3. The predicted molar refractivity (Wildman–Crippen MR) is 85.5 cm³/mol. The van der Waals surface area contributed by atoms with Crippen molar-refractivity contribution in [2.24, 2.45) is 0 Å². The maximum atomic E-state index is 13.5. The van der Waals surface area contributed by atoms with E-state index in [2.05, 4.69) is 4.72 Å². The number of ether oxygens (including phenoxy) is 1. The molecule has 1 atom stereocenters. The molecular formula is C17H18FNO3S. The summed E-state index contributed by atoms with van der Waals surface area (Å²) in [4.78, 5) is 0.213. The second-order valence-electron chi connectivity index (χ2n) is 5.74. The number of nitrogens with one attached hydrogen (secondary N) is 1. The van der Waals surface area contributed by atoms with Crippen molar-refractivity contribution >= 4 is 10.0 Å². The Hall–Kier alpha value is -1.92. The van der Waals surface area contributed by atoms with Gasteiger partial charge < -0.3 is 4.74 Å². The number of hydrogen-bond acceptors (Lipinski definition) is 3. The topological polar surface area (TPSA) is 55.4 Å². The molecule has 0 aliphatic carbocycles. The lowest BCUT2D eigenvalue weighted by Gasteiger charge is -2.26. The monoisotopic (exact) mass is 335 g/mol. The van der Waals surface area contributed by atoms with Gasteiger partial charge in [-0.25, -0.2) is 17.5 Å². The average molecular weight is 335 g/mol. The van der Waals surface area contributed by atoms with Gasteiger partial charge in [-0.15, -0.1) is 0 Å². The molecule has 23 heavy (non-hydrogen) atoms. The lowest BCUT2D eigenvalue weighted by molar-refractivity contribution is 0.262. The lowest BCUT2D eigenvalue weighted by Crippen LogP contribution is -2.32. The van der Waals surface area contributed by atoms with Crippen LogP contribution in [0.25, 0.3) is 0 Å². The molecule has 0 amide bonds. The fourth-order valence-corrected chi connectivity index (χ4v) is 3.96. The van der Waals surface area contributed by atoms with Crippen LogP contribution in [0, 0.1) is 19.7 Å². The average Bonchev–Trinajstić information content (AvgIpc) is 2.50. The Morgan fingerprint density at radius 2 is 1.91 bits per heavy atom. The van der Waals surface area contributed by atoms with E-state index in [1.54, 1.807) is 18.2 Å². The summed E-state index contributed by atoms with van der Waals surface area (Å²) in [6, 6.07) is 8.66. The number of aryl methyl sites for hydroxylation is 2.